The molecule has 1 aromatic rings. The van der Waals surface area contributed by atoms with Gasteiger partial charge >= 0.3 is 5.97 Å². The summed E-state index contributed by atoms with van der Waals surface area (Å²) < 4.78 is 0. The average Bonchev–Trinajstić information content (AvgIpc) is 2.87. The van der Waals surface area contributed by atoms with E-state index in [2.05, 4.69) is 4.98 Å². The first-order valence-corrected chi connectivity index (χ1v) is 7.70. The second-order valence-corrected chi connectivity index (χ2v) is 6.36. The van der Waals surface area contributed by atoms with E-state index < -0.39 is 16.9 Å². The van der Waals surface area contributed by atoms with Crippen LogP contribution in [-0.4, -0.2) is 39.5 Å². The number of fused-ring (bicyclic) bond motifs is 1. The highest BCUT2D eigenvalue weighted by Crippen LogP contribution is 2.47. The number of aliphatic carboxylic acids is 1. The maximum absolute atomic E-state index is 12.7. The zero-order chi connectivity index (χ0) is 15.9. The number of pyridine rings is 1. The number of aromatic amines is 1. The van der Waals surface area contributed by atoms with Gasteiger partial charge in [0.05, 0.1) is 5.41 Å². The number of amides is 1. The summed E-state index contributed by atoms with van der Waals surface area (Å²) in [5.74, 6) is -1.17. The SMILES string of the molecule is Cc1ccc(C(=O)N2CC[C@]3(C(=O)O)CCCC[C@H]23)c(=O)[nH]1. The second-order valence-electron chi connectivity index (χ2n) is 6.36. The lowest BCUT2D eigenvalue weighted by atomic mass is 9.70. The highest BCUT2D eigenvalue weighted by molar-refractivity contribution is 5.95. The predicted molar refractivity (Wildman–Crippen MR) is 79.8 cm³/mol. The van der Waals surface area contributed by atoms with Crippen LogP contribution >= 0.6 is 0 Å². The lowest BCUT2D eigenvalue weighted by Crippen LogP contribution is -2.49. The molecule has 3 rings (SSSR count). The van der Waals surface area contributed by atoms with Crippen molar-refractivity contribution in [2.24, 2.45) is 5.41 Å². The molecule has 0 unspecified atom stereocenters. The third kappa shape index (κ3) is 2.14. The van der Waals surface area contributed by atoms with Crippen LogP contribution in [0.5, 0.6) is 0 Å². The van der Waals surface area contributed by atoms with Crippen LogP contribution in [0.4, 0.5) is 0 Å². The predicted octanol–water partition coefficient (Wildman–Crippen LogP) is 1.54. The van der Waals surface area contributed by atoms with Crippen LogP contribution in [0, 0.1) is 12.3 Å². The molecule has 0 radical (unpaired) electrons. The summed E-state index contributed by atoms with van der Waals surface area (Å²) in [7, 11) is 0. The molecule has 22 heavy (non-hydrogen) atoms. The number of hydrogen-bond donors (Lipinski definition) is 2. The molecule has 0 aromatic carbocycles. The Morgan fingerprint density at radius 1 is 1.32 bits per heavy atom. The van der Waals surface area contributed by atoms with Gasteiger partial charge in [0.2, 0.25) is 0 Å². The largest absolute Gasteiger partial charge is 0.481 e. The lowest BCUT2D eigenvalue weighted by Gasteiger charge is -2.38. The van der Waals surface area contributed by atoms with Crippen molar-refractivity contribution in [2.45, 2.75) is 45.1 Å². The third-order valence-corrected chi connectivity index (χ3v) is 5.14. The van der Waals surface area contributed by atoms with Gasteiger partial charge in [0.25, 0.3) is 11.5 Å². The highest BCUT2D eigenvalue weighted by atomic mass is 16.4. The normalized spacial score (nSPS) is 27.5. The molecule has 1 aromatic heterocycles. The molecular weight excluding hydrogens is 284 g/mol. The van der Waals surface area contributed by atoms with Crippen LogP contribution in [-0.2, 0) is 4.79 Å². The van der Waals surface area contributed by atoms with Crippen molar-refractivity contribution in [1.82, 2.24) is 9.88 Å². The third-order valence-electron chi connectivity index (χ3n) is 5.14. The summed E-state index contributed by atoms with van der Waals surface area (Å²) in [6.07, 6.45) is 3.59. The topological polar surface area (TPSA) is 90.5 Å². The van der Waals surface area contributed by atoms with E-state index >= 15 is 0 Å². The number of aromatic nitrogens is 1. The van der Waals surface area contributed by atoms with Gasteiger partial charge in [0.15, 0.2) is 0 Å². The van der Waals surface area contributed by atoms with E-state index in [9.17, 15) is 19.5 Å². The van der Waals surface area contributed by atoms with Crippen molar-refractivity contribution < 1.29 is 14.7 Å². The highest BCUT2D eigenvalue weighted by Gasteiger charge is 2.55. The number of nitrogens with one attached hydrogen (secondary N) is 1. The fraction of sp³-hybridized carbons (Fsp3) is 0.562. The molecule has 2 atom stereocenters. The minimum Gasteiger partial charge on any atom is -0.481 e. The first-order valence-electron chi connectivity index (χ1n) is 7.70. The summed E-state index contributed by atoms with van der Waals surface area (Å²) in [5, 5.41) is 9.65. The quantitative estimate of drug-likeness (QED) is 0.867. The Hall–Kier alpha value is -2.11. The molecule has 118 valence electrons. The Morgan fingerprint density at radius 2 is 2.09 bits per heavy atom. The van der Waals surface area contributed by atoms with Gasteiger partial charge in [-0.15, -0.1) is 0 Å². The van der Waals surface area contributed by atoms with Crippen molar-refractivity contribution in [3.8, 4) is 0 Å². The van der Waals surface area contributed by atoms with E-state index in [1.807, 2.05) is 0 Å². The molecule has 2 aliphatic rings. The van der Waals surface area contributed by atoms with Crippen molar-refractivity contribution in [2.75, 3.05) is 6.54 Å². The number of carboxylic acid groups (broad SMARTS) is 1. The summed E-state index contributed by atoms with van der Waals surface area (Å²) >= 11 is 0. The number of H-pyrrole nitrogens is 1. The van der Waals surface area contributed by atoms with Crippen LogP contribution in [0.3, 0.4) is 0 Å². The van der Waals surface area contributed by atoms with Gasteiger partial charge in [-0.3, -0.25) is 14.4 Å². The second kappa shape index (κ2) is 5.26. The fourth-order valence-corrected chi connectivity index (χ4v) is 3.94. The minimum atomic E-state index is -0.828. The van der Waals surface area contributed by atoms with Gasteiger partial charge in [0, 0.05) is 18.3 Å². The van der Waals surface area contributed by atoms with Crippen LogP contribution in [0.15, 0.2) is 16.9 Å². The zero-order valence-corrected chi connectivity index (χ0v) is 12.6. The molecule has 1 amide bonds. The van der Waals surface area contributed by atoms with Gasteiger partial charge < -0.3 is 15.0 Å². The average molecular weight is 304 g/mol. The molecule has 1 saturated heterocycles. The minimum absolute atomic E-state index is 0.0948. The Morgan fingerprint density at radius 3 is 2.77 bits per heavy atom. The number of rotatable bonds is 2. The molecule has 0 bridgehead atoms. The standard InChI is InChI=1S/C16H20N2O4/c1-10-5-6-11(13(19)17-10)14(20)18-9-8-16(15(21)22)7-3-2-4-12(16)18/h5-6,12H,2-4,7-9H2,1H3,(H,17,19)(H,21,22)/t12-,16+/m0/s1. The van der Waals surface area contributed by atoms with E-state index in [0.29, 0.717) is 31.5 Å². The molecule has 6 nitrogen and oxygen atoms in total. The number of hydrogen-bond acceptors (Lipinski definition) is 3. The molecular formula is C16H20N2O4. The van der Waals surface area contributed by atoms with E-state index in [1.54, 1.807) is 17.9 Å². The van der Waals surface area contributed by atoms with Crippen LogP contribution in [0.2, 0.25) is 0 Å². The molecule has 6 heteroatoms. The number of carbonyl (C=O) groups excluding carboxylic acids is 1. The van der Waals surface area contributed by atoms with Crippen LogP contribution < -0.4 is 5.56 Å². The smallest absolute Gasteiger partial charge is 0.311 e. The van der Waals surface area contributed by atoms with Crippen LogP contribution in [0.1, 0.15) is 48.2 Å². The van der Waals surface area contributed by atoms with Gasteiger partial charge in [-0.05, 0) is 38.3 Å². The van der Waals surface area contributed by atoms with Crippen LogP contribution in [0.25, 0.3) is 0 Å². The Balaban J connectivity index is 1.94. The number of likely N-dealkylation sites (tertiary alicyclic amines) is 1. The molecule has 1 saturated carbocycles. The molecule has 2 N–H and O–H groups in total. The maximum atomic E-state index is 12.7. The zero-order valence-electron chi connectivity index (χ0n) is 12.6. The molecule has 1 aliphatic carbocycles. The fourth-order valence-electron chi connectivity index (χ4n) is 3.94. The number of carboxylic acids is 1. The van der Waals surface area contributed by atoms with Crippen molar-refractivity contribution in [1.29, 1.82) is 0 Å². The number of nitrogens with zero attached hydrogens (tertiary/aromatic N) is 1. The maximum Gasteiger partial charge on any atom is 0.311 e. The van der Waals surface area contributed by atoms with E-state index in [0.717, 1.165) is 12.8 Å². The van der Waals surface area contributed by atoms with Gasteiger partial charge in [-0.25, -0.2) is 0 Å². The van der Waals surface area contributed by atoms with E-state index in [-0.39, 0.29) is 17.5 Å². The molecule has 1 aliphatic heterocycles. The summed E-state index contributed by atoms with van der Waals surface area (Å²) in [6.45, 7) is 2.16. The molecule has 2 heterocycles. The first-order chi connectivity index (χ1) is 10.5. The van der Waals surface area contributed by atoms with Crippen molar-refractivity contribution in [3.05, 3.63) is 33.7 Å². The number of carbonyl (C=O) groups is 2. The summed E-state index contributed by atoms with van der Waals surface area (Å²) in [4.78, 5) is 40.7. The van der Waals surface area contributed by atoms with Gasteiger partial charge in [0.1, 0.15) is 5.56 Å². The summed E-state index contributed by atoms with van der Waals surface area (Å²) in [5.41, 5.74) is -0.447. The number of aryl methyl sites for hydroxylation is 1. The van der Waals surface area contributed by atoms with E-state index in [1.165, 1.54) is 6.07 Å². The molecule has 2 fully saturated rings. The van der Waals surface area contributed by atoms with Crippen molar-refractivity contribution in [3.63, 3.8) is 0 Å². The first kappa shape index (κ1) is 14.8. The van der Waals surface area contributed by atoms with Gasteiger partial charge in [-0.1, -0.05) is 12.8 Å². The lowest BCUT2D eigenvalue weighted by molar-refractivity contribution is -0.152. The summed E-state index contributed by atoms with van der Waals surface area (Å²) in [6, 6.07) is 2.92. The monoisotopic (exact) mass is 304 g/mol. The Labute approximate surface area is 128 Å². The van der Waals surface area contributed by atoms with Crippen molar-refractivity contribution >= 4 is 11.9 Å². The Bertz CT molecular complexity index is 681. The van der Waals surface area contributed by atoms with Gasteiger partial charge in [-0.2, -0.15) is 0 Å². The van der Waals surface area contributed by atoms with E-state index in [4.69, 9.17) is 0 Å². The Kier molecular flexibility index (Phi) is 3.54. The molecule has 0 spiro atoms.